The SMILES string of the molecule is CCc1ccc(CNC(=NC)NCCNS(=O)(=O)c2cc(C)ccc2C)s1. The Morgan fingerprint density at radius 1 is 1.07 bits per heavy atom. The van der Waals surface area contributed by atoms with E-state index >= 15 is 0 Å². The van der Waals surface area contributed by atoms with Gasteiger partial charge in [-0.1, -0.05) is 19.1 Å². The molecule has 0 fully saturated rings. The minimum absolute atomic E-state index is 0.273. The van der Waals surface area contributed by atoms with Crippen LogP contribution < -0.4 is 15.4 Å². The third-order valence-corrected chi connectivity index (χ3v) is 6.89. The fourth-order valence-electron chi connectivity index (χ4n) is 2.54. The monoisotopic (exact) mass is 408 g/mol. The van der Waals surface area contributed by atoms with E-state index in [0.717, 1.165) is 17.5 Å². The maximum absolute atomic E-state index is 12.5. The van der Waals surface area contributed by atoms with E-state index in [-0.39, 0.29) is 6.54 Å². The summed E-state index contributed by atoms with van der Waals surface area (Å²) in [6, 6.07) is 9.67. The molecule has 27 heavy (non-hydrogen) atoms. The summed E-state index contributed by atoms with van der Waals surface area (Å²) in [5, 5.41) is 6.37. The van der Waals surface area contributed by atoms with Gasteiger partial charge in [0.1, 0.15) is 0 Å². The van der Waals surface area contributed by atoms with Gasteiger partial charge < -0.3 is 10.6 Å². The van der Waals surface area contributed by atoms with Crippen LogP contribution in [0.4, 0.5) is 0 Å². The van der Waals surface area contributed by atoms with Gasteiger partial charge in [0.05, 0.1) is 11.4 Å². The molecule has 0 aliphatic rings. The molecular weight excluding hydrogens is 380 g/mol. The molecule has 0 aliphatic heterocycles. The number of nitrogens with zero attached hydrogens (tertiary/aromatic N) is 1. The molecule has 0 bridgehead atoms. The molecule has 0 saturated heterocycles. The number of nitrogens with one attached hydrogen (secondary N) is 3. The topological polar surface area (TPSA) is 82.6 Å². The number of thiophene rings is 1. The van der Waals surface area contributed by atoms with Crippen LogP contribution in [0.1, 0.15) is 27.8 Å². The molecule has 0 saturated carbocycles. The van der Waals surface area contributed by atoms with Gasteiger partial charge in [0.15, 0.2) is 5.96 Å². The molecule has 0 unspecified atom stereocenters. The van der Waals surface area contributed by atoms with Crippen molar-refractivity contribution in [3.8, 4) is 0 Å². The zero-order valence-corrected chi connectivity index (χ0v) is 17.9. The van der Waals surface area contributed by atoms with Crippen LogP contribution in [0.3, 0.4) is 0 Å². The summed E-state index contributed by atoms with van der Waals surface area (Å²) in [6.45, 7) is 7.23. The molecule has 1 heterocycles. The molecule has 6 nitrogen and oxygen atoms in total. The fourth-order valence-corrected chi connectivity index (χ4v) is 4.80. The first-order valence-corrected chi connectivity index (χ1v) is 11.2. The Bertz CT molecular complexity index is 889. The van der Waals surface area contributed by atoms with Crippen LogP contribution in [-0.2, 0) is 23.0 Å². The van der Waals surface area contributed by atoms with E-state index in [1.807, 2.05) is 19.1 Å². The molecule has 2 rings (SSSR count). The largest absolute Gasteiger partial charge is 0.355 e. The molecular formula is C19H28N4O2S2. The van der Waals surface area contributed by atoms with Crippen molar-refractivity contribution in [3.63, 3.8) is 0 Å². The second kappa shape index (κ2) is 9.87. The highest BCUT2D eigenvalue weighted by Crippen LogP contribution is 2.17. The summed E-state index contributed by atoms with van der Waals surface area (Å²) >= 11 is 1.78. The zero-order valence-electron chi connectivity index (χ0n) is 16.3. The van der Waals surface area contributed by atoms with Crippen molar-refractivity contribution in [1.29, 1.82) is 0 Å². The molecule has 0 amide bonds. The van der Waals surface area contributed by atoms with E-state index < -0.39 is 10.0 Å². The van der Waals surface area contributed by atoms with Crippen LogP contribution in [-0.4, -0.2) is 34.5 Å². The predicted molar refractivity (Wildman–Crippen MR) is 113 cm³/mol. The molecule has 1 aromatic heterocycles. The molecule has 1 aromatic carbocycles. The van der Waals surface area contributed by atoms with Crippen molar-refractivity contribution in [1.82, 2.24) is 15.4 Å². The molecule has 0 spiro atoms. The lowest BCUT2D eigenvalue weighted by Gasteiger charge is -2.13. The summed E-state index contributed by atoms with van der Waals surface area (Å²) in [7, 11) is -1.83. The number of hydrogen-bond donors (Lipinski definition) is 3. The number of guanidine groups is 1. The Kier molecular flexibility index (Phi) is 7.82. The molecule has 0 radical (unpaired) electrons. The van der Waals surface area contributed by atoms with E-state index in [4.69, 9.17) is 0 Å². The van der Waals surface area contributed by atoms with Gasteiger partial charge >= 0.3 is 0 Å². The van der Waals surface area contributed by atoms with Gasteiger partial charge in [0, 0.05) is 29.9 Å². The number of aryl methyl sites for hydroxylation is 3. The van der Waals surface area contributed by atoms with Crippen molar-refractivity contribution in [2.24, 2.45) is 4.99 Å². The van der Waals surface area contributed by atoms with E-state index in [9.17, 15) is 8.42 Å². The summed E-state index contributed by atoms with van der Waals surface area (Å²) in [5.74, 6) is 0.646. The second-order valence-electron chi connectivity index (χ2n) is 6.24. The average molecular weight is 409 g/mol. The van der Waals surface area contributed by atoms with Gasteiger partial charge in [0.25, 0.3) is 0 Å². The van der Waals surface area contributed by atoms with E-state index in [1.165, 1.54) is 9.75 Å². The van der Waals surface area contributed by atoms with Crippen molar-refractivity contribution in [3.05, 3.63) is 51.2 Å². The van der Waals surface area contributed by atoms with Gasteiger partial charge in [-0.2, -0.15) is 0 Å². The Balaban J connectivity index is 1.81. The second-order valence-corrected chi connectivity index (χ2v) is 9.23. The Hall–Kier alpha value is -1.90. The van der Waals surface area contributed by atoms with Gasteiger partial charge in [-0.15, -0.1) is 11.3 Å². The average Bonchev–Trinajstić information content (AvgIpc) is 3.11. The molecule has 8 heteroatoms. The molecule has 148 valence electrons. The number of sulfonamides is 1. The highest BCUT2D eigenvalue weighted by molar-refractivity contribution is 7.89. The minimum Gasteiger partial charge on any atom is -0.355 e. The number of rotatable bonds is 8. The first-order valence-electron chi connectivity index (χ1n) is 8.94. The quantitative estimate of drug-likeness (QED) is 0.356. The summed E-state index contributed by atoms with van der Waals surface area (Å²) in [5.41, 5.74) is 1.66. The fraction of sp³-hybridized carbons (Fsp3) is 0.421. The lowest BCUT2D eigenvalue weighted by atomic mass is 10.2. The van der Waals surface area contributed by atoms with Crippen LogP contribution in [0.5, 0.6) is 0 Å². The predicted octanol–water partition coefficient (Wildman–Crippen LogP) is 2.57. The van der Waals surface area contributed by atoms with Crippen LogP contribution in [0.25, 0.3) is 0 Å². The number of benzene rings is 1. The van der Waals surface area contributed by atoms with Crippen molar-refractivity contribution in [2.75, 3.05) is 20.1 Å². The molecule has 0 aliphatic carbocycles. The zero-order chi connectivity index (χ0) is 19.9. The van der Waals surface area contributed by atoms with Crippen molar-refractivity contribution >= 4 is 27.3 Å². The van der Waals surface area contributed by atoms with Gasteiger partial charge in [0.2, 0.25) is 10.0 Å². The van der Waals surface area contributed by atoms with Crippen LogP contribution in [0.15, 0.2) is 40.2 Å². The highest BCUT2D eigenvalue weighted by Gasteiger charge is 2.16. The minimum atomic E-state index is -3.52. The van der Waals surface area contributed by atoms with Gasteiger partial charge in [-0.25, -0.2) is 13.1 Å². The summed E-state index contributed by atoms with van der Waals surface area (Å²) in [4.78, 5) is 7.10. The lowest BCUT2D eigenvalue weighted by molar-refractivity contribution is 0.580. The summed E-state index contributed by atoms with van der Waals surface area (Å²) < 4.78 is 27.6. The molecule has 2 aromatic rings. The Morgan fingerprint density at radius 3 is 2.48 bits per heavy atom. The van der Waals surface area contributed by atoms with Gasteiger partial charge in [-0.3, -0.25) is 4.99 Å². The Morgan fingerprint density at radius 2 is 1.81 bits per heavy atom. The first kappa shape index (κ1) is 21.4. The summed E-state index contributed by atoms with van der Waals surface area (Å²) in [6.07, 6.45) is 1.04. The van der Waals surface area contributed by atoms with Crippen LogP contribution >= 0.6 is 11.3 Å². The number of hydrogen-bond acceptors (Lipinski definition) is 4. The van der Waals surface area contributed by atoms with E-state index in [1.54, 1.807) is 31.4 Å². The maximum atomic E-state index is 12.5. The third kappa shape index (κ3) is 6.34. The first-order chi connectivity index (χ1) is 12.9. The van der Waals surface area contributed by atoms with Gasteiger partial charge in [-0.05, 0) is 49.6 Å². The van der Waals surface area contributed by atoms with Crippen LogP contribution in [0, 0.1) is 13.8 Å². The lowest BCUT2D eigenvalue weighted by Crippen LogP contribution is -2.41. The Labute approximate surface area is 166 Å². The highest BCUT2D eigenvalue weighted by atomic mass is 32.2. The standard InChI is InChI=1S/C19H28N4O2S2/c1-5-16-8-9-17(26-16)13-22-19(20-4)21-10-11-23-27(24,25)18-12-14(2)6-7-15(18)3/h6-9,12,23H,5,10-11,13H2,1-4H3,(H2,20,21,22). The third-order valence-electron chi connectivity index (χ3n) is 4.06. The van der Waals surface area contributed by atoms with Crippen molar-refractivity contribution < 1.29 is 8.42 Å². The van der Waals surface area contributed by atoms with E-state index in [0.29, 0.717) is 23.9 Å². The van der Waals surface area contributed by atoms with Crippen LogP contribution in [0.2, 0.25) is 0 Å². The molecule has 3 N–H and O–H groups in total. The van der Waals surface area contributed by atoms with Crippen molar-refractivity contribution in [2.45, 2.75) is 38.6 Å². The molecule has 0 atom stereocenters. The number of aliphatic imine (C=N–C) groups is 1. The van der Waals surface area contributed by atoms with E-state index in [2.05, 4.69) is 39.4 Å². The maximum Gasteiger partial charge on any atom is 0.240 e. The normalized spacial score (nSPS) is 12.2. The smallest absolute Gasteiger partial charge is 0.240 e.